The Hall–Kier alpha value is -1.37. The van der Waals surface area contributed by atoms with Crippen molar-refractivity contribution in [3.63, 3.8) is 0 Å². The van der Waals surface area contributed by atoms with E-state index in [9.17, 15) is 0 Å². The van der Waals surface area contributed by atoms with Crippen LogP contribution in [0.3, 0.4) is 0 Å². The molecule has 16 heavy (non-hydrogen) atoms. The molecule has 1 atom stereocenters. The molecule has 0 saturated carbocycles. The number of hydrogen-bond acceptors (Lipinski definition) is 1. The maximum Gasteiger partial charge on any atom is 0.0366 e. The summed E-state index contributed by atoms with van der Waals surface area (Å²) < 4.78 is 0. The monoisotopic (exact) mass is 211 g/mol. The molecule has 0 fully saturated rings. The summed E-state index contributed by atoms with van der Waals surface area (Å²) in [6, 6.07) is 8.88. The summed E-state index contributed by atoms with van der Waals surface area (Å²) in [6.07, 6.45) is 10.3. The summed E-state index contributed by atoms with van der Waals surface area (Å²) in [6.45, 7) is 0. The molecule has 1 heteroatoms. The summed E-state index contributed by atoms with van der Waals surface area (Å²) in [7, 11) is 0. The number of hydrogen-bond donors (Lipinski definition) is 0. The predicted molar refractivity (Wildman–Crippen MR) is 67.8 cm³/mol. The zero-order valence-electron chi connectivity index (χ0n) is 9.52. The zero-order valence-corrected chi connectivity index (χ0v) is 9.52. The molecule has 1 aliphatic heterocycles. The Bertz CT molecular complexity index is 443. The van der Waals surface area contributed by atoms with Gasteiger partial charge in [-0.3, -0.25) is 4.99 Å². The van der Waals surface area contributed by atoms with Crippen molar-refractivity contribution in [2.45, 2.75) is 32.1 Å². The molecule has 2 aliphatic rings. The van der Waals surface area contributed by atoms with E-state index in [0.717, 1.165) is 12.3 Å². The minimum Gasteiger partial charge on any atom is -0.266 e. The van der Waals surface area contributed by atoms with Gasteiger partial charge in [0.2, 0.25) is 0 Å². The highest BCUT2D eigenvalue weighted by atomic mass is 14.7. The maximum atomic E-state index is 4.42. The number of nitrogens with zero attached hydrogens (tertiary/aromatic N) is 1. The van der Waals surface area contributed by atoms with Crippen molar-refractivity contribution in [1.82, 2.24) is 0 Å². The highest BCUT2D eigenvalue weighted by Crippen LogP contribution is 2.30. The Labute approximate surface area is 96.9 Å². The molecular weight excluding hydrogens is 194 g/mol. The molecule has 1 heterocycles. The summed E-state index contributed by atoms with van der Waals surface area (Å²) in [5.41, 5.74) is 4.42. The largest absolute Gasteiger partial charge is 0.266 e. The van der Waals surface area contributed by atoms with Crippen LogP contribution in [0.15, 0.2) is 41.0 Å². The predicted octanol–water partition coefficient (Wildman–Crippen LogP) is 3.54. The van der Waals surface area contributed by atoms with Gasteiger partial charge in [-0.2, -0.15) is 0 Å². The molecule has 0 radical (unpaired) electrons. The smallest absolute Gasteiger partial charge is 0.0366 e. The molecule has 1 aromatic rings. The van der Waals surface area contributed by atoms with Crippen LogP contribution in [0.4, 0.5) is 0 Å². The second kappa shape index (κ2) is 4.25. The molecular formula is C15H17N. The highest BCUT2D eigenvalue weighted by Gasteiger charge is 2.19. The summed E-state index contributed by atoms with van der Waals surface area (Å²) in [5, 5.41) is 0. The number of rotatable bonds is 2. The van der Waals surface area contributed by atoms with Gasteiger partial charge < -0.3 is 0 Å². The van der Waals surface area contributed by atoms with Crippen LogP contribution < -0.4 is 0 Å². The topological polar surface area (TPSA) is 12.4 Å². The molecule has 0 bridgehead atoms. The number of fused-ring (bicyclic) bond motifs is 1. The SMILES string of the molecule is C1=NC(C[C@@H]2CCc3ccccc3C2)=CC1. The van der Waals surface area contributed by atoms with E-state index in [-0.39, 0.29) is 0 Å². The number of benzene rings is 1. The molecule has 0 amide bonds. The highest BCUT2D eigenvalue weighted by molar-refractivity contribution is 5.64. The Morgan fingerprint density at radius 1 is 1.19 bits per heavy atom. The van der Waals surface area contributed by atoms with E-state index in [1.54, 1.807) is 11.1 Å². The van der Waals surface area contributed by atoms with Crippen molar-refractivity contribution in [2.24, 2.45) is 10.9 Å². The Balaban J connectivity index is 1.70. The standard InChI is InChI=1S/C15H17N/c1-2-5-14-10-12(7-8-13(14)4-1)11-15-6-3-9-16-15/h1-2,4-6,9,12H,3,7-8,10-11H2/t12-/m1/s1. The molecule has 0 aromatic heterocycles. The van der Waals surface area contributed by atoms with Crippen LogP contribution >= 0.6 is 0 Å². The Morgan fingerprint density at radius 2 is 2.06 bits per heavy atom. The molecule has 0 saturated heterocycles. The van der Waals surface area contributed by atoms with Crippen LogP contribution in [0.5, 0.6) is 0 Å². The van der Waals surface area contributed by atoms with E-state index < -0.39 is 0 Å². The number of allylic oxidation sites excluding steroid dienone is 2. The van der Waals surface area contributed by atoms with Gasteiger partial charge in [0, 0.05) is 18.3 Å². The van der Waals surface area contributed by atoms with Gasteiger partial charge in [0.15, 0.2) is 0 Å². The first-order chi connectivity index (χ1) is 7.92. The van der Waals surface area contributed by atoms with Crippen molar-refractivity contribution < 1.29 is 0 Å². The first-order valence-corrected chi connectivity index (χ1v) is 6.20. The van der Waals surface area contributed by atoms with Crippen molar-refractivity contribution in [2.75, 3.05) is 0 Å². The summed E-state index contributed by atoms with van der Waals surface area (Å²) in [5.74, 6) is 0.802. The Kier molecular flexibility index (Phi) is 2.61. The molecule has 0 unspecified atom stereocenters. The van der Waals surface area contributed by atoms with E-state index >= 15 is 0 Å². The van der Waals surface area contributed by atoms with E-state index in [1.807, 2.05) is 6.21 Å². The number of aryl methyl sites for hydroxylation is 1. The van der Waals surface area contributed by atoms with E-state index in [4.69, 9.17) is 0 Å². The maximum absolute atomic E-state index is 4.42. The van der Waals surface area contributed by atoms with Crippen molar-refractivity contribution in [3.8, 4) is 0 Å². The molecule has 0 spiro atoms. The van der Waals surface area contributed by atoms with E-state index in [2.05, 4.69) is 35.3 Å². The van der Waals surface area contributed by atoms with Gasteiger partial charge >= 0.3 is 0 Å². The Morgan fingerprint density at radius 3 is 2.88 bits per heavy atom. The van der Waals surface area contributed by atoms with Gasteiger partial charge in [-0.1, -0.05) is 30.3 Å². The lowest BCUT2D eigenvalue weighted by Crippen LogP contribution is -2.14. The van der Waals surface area contributed by atoms with E-state index in [0.29, 0.717) is 0 Å². The first kappa shape index (κ1) is 9.83. The molecule has 1 nitrogen and oxygen atoms in total. The lowest BCUT2D eigenvalue weighted by molar-refractivity contribution is 0.453. The van der Waals surface area contributed by atoms with Crippen molar-refractivity contribution in [1.29, 1.82) is 0 Å². The quantitative estimate of drug-likeness (QED) is 0.709. The second-order valence-electron chi connectivity index (χ2n) is 4.82. The average molecular weight is 211 g/mol. The van der Waals surface area contributed by atoms with Crippen LogP contribution in [0, 0.1) is 5.92 Å². The van der Waals surface area contributed by atoms with Gasteiger partial charge in [0.05, 0.1) is 0 Å². The lowest BCUT2D eigenvalue weighted by atomic mass is 9.82. The molecule has 3 rings (SSSR count). The third kappa shape index (κ3) is 1.95. The zero-order chi connectivity index (χ0) is 10.8. The fourth-order valence-electron chi connectivity index (χ4n) is 2.79. The summed E-state index contributed by atoms with van der Waals surface area (Å²) in [4.78, 5) is 4.42. The lowest BCUT2D eigenvalue weighted by Gasteiger charge is -2.24. The minimum atomic E-state index is 0.802. The third-order valence-electron chi connectivity index (χ3n) is 3.66. The normalized spacial score (nSPS) is 23.0. The third-order valence-corrected chi connectivity index (χ3v) is 3.66. The van der Waals surface area contributed by atoms with Crippen LogP contribution in [0.25, 0.3) is 0 Å². The van der Waals surface area contributed by atoms with Gasteiger partial charge in [-0.15, -0.1) is 0 Å². The van der Waals surface area contributed by atoms with Gasteiger partial charge in [0.25, 0.3) is 0 Å². The van der Waals surface area contributed by atoms with Gasteiger partial charge in [-0.25, -0.2) is 0 Å². The van der Waals surface area contributed by atoms with Gasteiger partial charge in [-0.05, 0) is 42.7 Å². The van der Waals surface area contributed by atoms with Gasteiger partial charge in [0.1, 0.15) is 0 Å². The van der Waals surface area contributed by atoms with Crippen molar-refractivity contribution in [3.05, 3.63) is 47.2 Å². The fourth-order valence-corrected chi connectivity index (χ4v) is 2.79. The second-order valence-corrected chi connectivity index (χ2v) is 4.82. The first-order valence-electron chi connectivity index (χ1n) is 6.20. The number of aliphatic imine (C=N–C) groups is 1. The van der Waals surface area contributed by atoms with Crippen LogP contribution in [0.2, 0.25) is 0 Å². The van der Waals surface area contributed by atoms with Crippen LogP contribution in [-0.2, 0) is 12.8 Å². The van der Waals surface area contributed by atoms with Crippen molar-refractivity contribution >= 4 is 6.21 Å². The summed E-state index contributed by atoms with van der Waals surface area (Å²) >= 11 is 0. The van der Waals surface area contributed by atoms with Crippen LogP contribution in [0.1, 0.15) is 30.4 Å². The van der Waals surface area contributed by atoms with Crippen LogP contribution in [-0.4, -0.2) is 6.21 Å². The molecule has 1 aliphatic carbocycles. The minimum absolute atomic E-state index is 0.802. The van der Waals surface area contributed by atoms with E-state index in [1.165, 1.54) is 31.4 Å². The average Bonchev–Trinajstić information content (AvgIpc) is 2.82. The molecule has 0 N–H and O–H groups in total. The molecule has 82 valence electrons. The molecule has 1 aromatic carbocycles. The fraction of sp³-hybridized carbons (Fsp3) is 0.400.